The minimum atomic E-state index is -4.82. The lowest BCUT2D eigenvalue weighted by Crippen LogP contribution is -2.47. The van der Waals surface area contributed by atoms with Crippen molar-refractivity contribution in [1.82, 2.24) is 5.32 Å². The van der Waals surface area contributed by atoms with Gasteiger partial charge in [-0.2, -0.15) is 13.2 Å². The Kier molecular flexibility index (Phi) is 7.40. The van der Waals surface area contributed by atoms with Crippen LogP contribution in [0.2, 0.25) is 0 Å². The van der Waals surface area contributed by atoms with E-state index in [1.807, 2.05) is 0 Å². The number of carbonyl (C=O) groups excluding carboxylic acids is 3. The molecule has 1 unspecified atom stereocenters. The fourth-order valence-electron chi connectivity index (χ4n) is 3.13. The van der Waals surface area contributed by atoms with Gasteiger partial charge in [-0.05, 0) is 48.4 Å². The third-order valence-corrected chi connectivity index (χ3v) is 4.86. The highest BCUT2D eigenvalue weighted by Crippen LogP contribution is 2.37. The SMILES string of the molecule is CC(C)C(NC(=O)c1ccccc1)C(=O)Nc1ccc(NC(=O)c2ccco2)cc1C(F)(F)F. The molecule has 3 aromatic rings. The monoisotopic (exact) mass is 473 g/mol. The molecule has 3 N–H and O–H groups in total. The maximum Gasteiger partial charge on any atom is 0.418 e. The van der Waals surface area contributed by atoms with Gasteiger partial charge in [0.1, 0.15) is 6.04 Å². The maximum atomic E-state index is 13.7. The van der Waals surface area contributed by atoms with E-state index in [4.69, 9.17) is 4.42 Å². The summed E-state index contributed by atoms with van der Waals surface area (Å²) in [6.45, 7) is 3.32. The average molecular weight is 473 g/mol. The van der Waals surface area contributed by atoms with Gasteiger partial charge in [0.05, 0.1) is 17.5 Å². The molecule has 3 amide bonds. The van der Waals surface area contributed by atoms with Crippen molar-refractivity contribution in [1.29, 1.82) is 0 Å². The topological polar surface area (TPSA) is 100 Å². The van der Waals surface area contributed by atoms with Gasteiger partial charge >= 0.3 is 6.18 Å². The molecule has 1 heterocycles. The van der Waals surface area contributed by atoms with Gasteiger partial charge in [-0.15, -0.1) is 0 Å². The number of amides is 3. The van der Waals surface area contributed by atoms with Crippen molar-refractivity contribution in [2.45, 2.75) is 26.1 Å². The van der Waals surface area contributed by atoms with Gasteiger partial charge in [0.2, 0.25) is 5.91 Å². The highest BCUT2D eigenvalue weighted by Gasteiger charge is 2.35. The highest BCUT2D eigenvalue weighted by atomic mass is 19.4. The third-order valence-electron chi connectivity index (χ3n) is 4.86. The standard InChI is InChI=1S/C24H22F3N3O4/c1-14(2)20(30-21(31)15-7-4-3-5-8-15)23(33)29-18-11-10-16(13-17(18)24(25,26)27)28-22(32)19-9-6-12-34-19/h3-14,20H,1-2H3,(H,28,32)(H,29,33)(H,30,31). The summed E-state index contributed by atoms with van der Waals surface area (Å²) in [5.74, 6) is -2.54. The summed E-state index contributed by atoms with van der Waals surface area (Å²) in [7, 11) is 0. The fourth-order valence-corrected chi connectivity index (χ4v) is 3.13. The summed E-state index contributed by atoms with van der Waals surface area (Å²) in [6.07, 6.45) is -3.56. The first-order chi connectivity index (χ1) is 16.1. The number of anilines is 2. The van der Waals surface area contributed by atoms with E-state index in [-0.39, 0.29) is 11.4 Å². The Morgan fingerprint density at radius 1 is 0.882 bits per heavy atom. The molecule has 0 radical (unpaired) electrons. The van der Waals surface area contributed by atoms with Crippen LogP contribution in [-0.4, -0.2) is 23.8 Å². The number of hydrogen-bond acceptors (Lipinski definition) is 4. The predicted octanol–water partition coefficient (Wildman–Crippen LogP) is 4.94. The van der Waals surface area contributed by atoms with E-state index in [1.165, 1.54) is 24.5 Å². The van der Waals surface area contributed by atoms with Crippen LogP contribution in [0.25, 0.3) is 0 Å². The van der Waals surface area contributed by atoms with Crippen LogP contribution < -0.4 is 16.0 Å². The van der Waals surface area contributed by atoms with Crippen LogP contribution in [0.4, 0.5) is 24.5 Å². The largest absolute Gasteiger partial charge is 0.459 e. The molecule has 0 fully saturated rings. The Morgan fingerprint density at radius 3 is 2.18 bits per heavy atom. The summed E-state index contributed by atoms with van der Waals surface area (Å²) >= 11 is 0. The minimum Gasteiger partial charge on any atom is -0.459 e. The number of benzene rings is 2. The lowest BCUT2D eigenvalue weighted by atomic mass is 10.0. The number of alkyl halides is 3. The number of nitrogens with one attached hydrogen (secondary N) is 3. The van der Waals surface area contributed by atoms with Crippen LogP contribution in [-0.2, 0) is 11.0 Å². The first-order valence-corrected chi connectivity index (χ1v) is 10.3. The molecular weight excluding hydrogens is 451 g/mol. The van der Waals surface area contributed by atoms with Crippen LogP contribution in [0.5, 0.6) is 0 Å². The van der Waals surface area contributed by atoms with Crippen molar-refractivity contribution in [2.75, 3.05) is 10.6 Å². The molecule has 0 aliphatic heterocycles. The number of hydrogen-bond donors (Lipinski definition) is 3. The lowest BCUT2D eigenvalue weighted by molar-refractivity contribution is -0.137. The molecular formula is C24H22F3N3O4. The van der Waals surface area contributed by atoms with Gasteiger partial charge in [-0.3, -0.25) is 14.4 Å². The Labute approximate surface area is 193 Å². The maximum absolute atomic E-state index is 13.7. The van der Waals surface area contributed by atoms with E-state index in [2.05, 4.69) is 16.0 Å². The van der Waals surface area contributed by atoms with E-state index in [9.17, 15) is 27.6 Å². The van der Waals surface area contributed by atoms with Gasteiger partial charge in [-0.1, -0.05) is 32.0 Å². The molecule has 7 nitrogen and oxygen atoms in total. The first kappa shape index (κ1) is 24.6. The van der Waals surface area contributed by atoms with Crippen LogP contribution in [0.3, 0.4) is 0 Å². The summed E-state index contributed by atoms with van der Waals surface area (Å²) in [5.41, 5.74) is -1.49. The van der Waals surface area contributed by atoms with E-state index < -0.39 is 47.1 Å². The Hall–Kier alpha value is -4.08. The fraction of sp³-hybridized carbons (Fsp3) is 0.208. The highest BCUT2D eigenvalue weighted by molar-refractivity contribution is 6.03. The van der Waals surface area contributed by atoms with Gasteiger partial charge in [-0.25, -0.2) is 0 Å². The second-order valence-corrected chi connectivity index (χ2v) is 7.74. The molecule has 1 atom stereocenters. The Morgan fingerprint density at radius 2 is 1.59 bits per heavy atom. The second-order valence-electron chi connectivity index (χ2n) is 7.74. The third kappa shape index (κ3) is 6.03. The van der Waals surface area contributed by atoms with E-state index in [0.29, 0.717) is 11.6 Å². The first-order valence-electron chi connectivity index (χ1n) is 10.3. The zero-order valence-electron chi connectivity index (χ0n) is 18.3. The number of halogens is 3. The van der Waals surface area contributed by atoms with E-state index >= 15 is 0 Å². The van der Waals surface area contributed by atoms with Gasteiger partial charge in [0.15, 0.2) is 5.76 Å². The number of carbonyl (C=O) groups is 3. The molecule has 2 aromatic carbocycles. The number of furan rings is 1. The Balaban J connectivity index is 1.81. The summed E-state index contributed by atoms with van der Waals surface area (Å²) in [5, 5.41) is 7.14. The molecule has 178 valence electrons. The van der Waals surface area contributed by atoms with E-state index in [1.54, 1.807) is 44.2 Å². The van der Waals surface area contributed by atoms with Gasteiger partial charge in [0.25, 0.3) is 11.8 Å². The van der Waals surface area contributed by atoms with Crippen molar-refractivity contribution >= 4 is 29.1 Å². The predicted molar refractivity (Wildman–Crippen MR) is 119 cm³/mol. The molecule has 10 heteroatoms. The smallest absolute Gasteiger partial charge is 0.418 e. The van der Waals surface area contributed by atoms with Gasteiger partial charge < -0.3 is 20.4 Å². The molecule has 0 spiro atoms. The Bertz CT molecular complexity index is 1160. The van der Waals surface area contributed by atoms with Crippen LogP contribution in [0, 0.1) is 5.92 Å². The quantitative estimate of drug-likeness (QED) is 0.452. The zero-order valence-corrected chi connectivity index (χ0v) is 18.3. The lowest BCUT2D eigenvalue weighted by Gasteiger charge is -2.23. The molecule has 0 saturated carbocycles. The van der Waals surface area contributed by atoms with Crippen molar-refractivity contribution in [3.63, 3.8) is 0 Å². The van der Waals surface area contributed by atoms with Crippen LogP contribution in [0.15, 0.2) is 71.3 Å². The summed E-state index contributed by atoms with van der Waals surface area (Å²) < 4.78 is 46.1. The van der Waals surface area contributed by atoms with Crippen molar-refractivity contribution in [3.8, 4) is 0 Å². The second kappa shape index (κ2) is 10.2. The van der Waals surface area contributed by atoms with Crippen LogP contribution in [0.1, 0.15) is 40.3 Å². The summed E-state index contributed by atoms with van der Waals surface area (Å²) in [4.78, 5) is 37.4. The minimum absolute atomic E-state index is 0.0696. The number of rotatable bonds is 7. The van der Waals surface area contributed by atoms with E-state index in [0.717, 1.165) is 6.07 Å². The van der Waals surface area contributed by atoms with Crippen molar-refractivity contribution < 1.29 is 32.0 Å². The van der Waals surface area contributed by atoms with Crippen molar-refractivity contribution in [2.24, 2.45) is 5.92 Å². The van der Waals surface area contributed by atoms with Gasteiger partial charge in [0, 0.05) is 11.3 Å². The normalized spacial score (nSPS) is 12.2. The average Bonchev–Trinajstić information content (AvgIpc) is 3.33. The molecule has 0 saturated heterocycles. The van der Waals surface area contributed by atoms with Crippen LogP contribution >= 0.6 is 0 Å². The molecule has 3 rings (SSSR count). The molecule has 1 aromatic heterocycles. The molecule has 0 aliphatic rings. The summed E-state index contributed by atoms with van der Waals surface area (Å²) in [6, 6.07) is 12.9. The molecule has 0 aliphatic carbocycles. The zero-order chi connectivity index (χ0) is 24.9. The molecule has 34 heavy (non-hydrogen) atoms. The molecule has 0 bridgehead atoms. The van der Waals surface area contributed by atoms with Crippen molar-refractivity contribution in [3.05, 3.63) is 83.8 Å².